The Bertz CT molecular complexity index is 1040. The number of ether oxygens (including phenoxy) is 4. The number of amides is 1. The van der Waals surface area contributed by atoms with Gasteiger partial charge in [-0.15, -0.1) is 0 Å². The maximum Gasteiger partial charge on any atom is 0.407 e. The molecule has 216 valence electrons. The number of methoxy groups -OCH3 is 1. The number of alkyl carbamates (subject to hydrolysis) is 1. The lowest BCUT2D eigenvalue weighted by Gasteiger charge is -2.32. The number of carbonyl (C=O) groups excluding carboxylic acids is 3. The first kappa shape index (κ1) is 32.9. The van der Waals surface area contributed by atoms with Crippen molar-refractivity contribution in [1.82, 2.24) is 5.32 Å². The van der Waals surface area contributed by atoms with Crippen LogP contribution in [0.4, 0.5) is 4.79 Å². The molecule has 0 aromatic heterocycles. The van der Waals surface area contributed by atoms with Crippen LogP contribution in [0, 0.1) is 5.92 Å². The van der Waals surface area contributed by atoms with Crippen LogP contribution in [0.5, 0.6) is 0 Å². The number of aliphatic imine (C=N–C) groups is 1. The predicted molar refractivity (Wildman–Crippen MR) is 152 cm³/mol. The fourth-order valence-electron chi connectivity index (χ4n) is 3.80. The SMILES string of the molecule is CCOC(=O)C1=C(COCCNC(=O)OCCSSCCON)N=C(C)C(C(=O)OC)C1c1ccccc1Cl. The van der Waals surface area contributed by atoms with Crippen molar-refractivity contribution in [2.24, 2.45) is 16.8 Å². The molecule has 0 saturated heterocycles. The Hall–Kier alpha value is -2.29. The average Bonchev–Trinajstić information content (AvgIpc) is 2.92. The number of esters is 2. The molecule has 2 atom stereocenters. The van der Waals surface area contributed by atoms with Gasteiger partial charge in [0.25, 0.3) is 0 Å². The summed E-state index contributed by atoms with van der Waals surface area (Å²) in [6.07, 6.45) is -0.563. The van der Waals surface area contributed by atoms with Gasteiger partial charge >= 0.3 is 18.0 Å². The van der Waals surface area contributed by atoms with E-state index in [4.69, 9.17) is 36.4 Å². The summed E-state index contributed by atoms with van der Waals surface area (Å²) in [5.74, 6) is 3.49. The van der Waals surface area contributed by atoms with E-state index in [0.717, 1.165) is 5.75 Å². The molecule has 0 radical (unpaired) electrons. The molecule has 2 unspecified atom stereocenters. The van der Waals surface area contributed by atoms with Crippen molar-refractivity contribution in [3.63, 3.8) is 0 Å². The molecule has 1 aromatic rings. The molecule has 1 aliphatic rings. The molecule has 0 spiro atoms. The fourth-order valence-corrected chi connectivity index (χ4v) is 5.72. The van der Waals surface area contributed by atoms with Gasteiger partial charge in [-0.05, 0) is 25.5 Å². The molecule has 0 aliphatic carbocycles. The third-order valence-electron chi connectivity index (χ3n) is 5.43. The zero-order chi connectivity index (χ0) is 28.6. The molecule has 0 fully saturated rings. The van der Waals surface area contributed by atoms with Crippen molar-refractivity contribution in [3.8, 4) is 0 Å². The van der Waals surface area contributed by atoms with Gasteiger partial charge in [0.1, 0.15) is 12.5 Å². The molecule has 1 aliphatic heterocycles. The lowest BCUT2D eigenvalue weighted by atomic mass is 9.75. The Morgan fingerprint density at radius 1 is 1.10 bits per heavy atom. The van der Waals surface area contributed by atoms with Gasteiger partial charge in [0.05, 0.1) is 44.8 Å². The highest BCUT2D eigenvalue weighted by Gasteiger charge is 2.43. The molecule has 1 amide bonds. The highest BCUT2D eigenvalue weighted by molar-refractivity contribution is 8.76. The van der Waals surface area contributed by atoms with Gasteiger partial charge < -0.3 is 29.1 Å². The van der Waals surface area contributed by atoms with E-state index in [-0.39, 0.29) is 38.5 Å². The maximum atomic E-state index is 13.2. The molecule has 11 nitrogen and oxygen atoms in total. The fraction of sp³-hybridized carbons (Fsp3) is 0.520. The highest BCUT2D eigenvalue weighted by atomic mass is 35.5. The third-order valence-corrected chi connectivity index (χ3v) is 8.11. The van der Waals surface area contributed by atoms with Gasteiger partial charge in [0, 0.05) is 34.7 Å². The highest BCUT2D eigenvalue weighted by Crippen LogP contribution is 2.42. The smallest absolute Gasteiger partial charge is 0.407 e. The van der Waals surface area contributed by atoms with E-state index >= 15 is 0 Å². The maximum absolute atomic E-state index is 13.2. The van der Waals surface area contributed by atoms with Gasteiger partial charge in [0.15, 0.2) is 0 Å². The Balaban J connectivity index is 2.06. The van der Waals surface area contributed by atoms with Crippen molar-refractivity contribution in [3.05, 3.63) is 46.1 Å². The van der Waals surface area contributed by atoms with Crippen molar-refractivity contribution in [1.29, 1.82) is 0 Å². The lowest BCUT2D eigenvalue weighted by Crippen LogP contribution is -2.37. The molecular weight excluding hydrogens is 570 g/mol. The van der Waals surface area contributed by atoms with Crippen LogP contribution in [-0.4, -0.2) is 81.9 Å². The summed E-state index contributed by atoms with van der Waals surface area (Å²) in [4.78, 5) is 46.8. The molecule has 14 heteroatoms. The van der Waals surface area contributed by atoms with Crippen LogP contribution in [0.15, 0.2) is 40.5 Å². The first-order valence-electron chi connectivity index (χ1n) is 12.2. The van der Waals surface area contributed by atoms with Crippen molar-refractivity contribution in [2.45, 2.75) is 19.8 Å². The number of nitrogens with two attached hydrogens (primary N) is 1. The molecule has 2 rings (SSSR count). The Morgan fingerprint density at radius 2 is 1.82 bits per heavy atom. The molecule has 1 aromatic carbocycles. The molecule has 0 bridgehead atoms. The first-order valence-corrected chi connectivity index (χ1v) is 15.0. The predicted octanol–water partition coefficient (Wildman–Crippen LogP) is 3.52. The minimum Gasteiger partial charge on any atom is -0.468 e. The zero-order valence-electron chi connectivity index (χ0n) is 22.1. The van der Waals surface area contributed by atoms with Crippen LogP contribution < -0.4 is 11.2 Å². The van der Waals surface area contributed by atoms with E-state index in [0.29, 0.717) is 34.4 Å². The number of nitrogens with zero attached hydrogens (tertiary/aromatic N) is 1. The number of benzene rings is 1. The minimum atomic E-state index is -0.875. The number of hydrogen-bond donors (Lipinski definition) is 2. The molecule has 1 heterocycles. The number of rotatable bonds is 16. The monoisotopic (exact) mass is 603 g/mol. The summed E-state index contributed by atoms with van der Waals surface area (Å²) in [5.41, 5.74) is 1.50. The lowest BCUT2D eigenvalue weighted by molar-refractivity contribution is -0.144. The topological polar surface area (TPSA) is 148 Å². The van der Waals surface area contributed by atoms with Crippen LogP contribution in [0.1, 0.15) is 25.3 Å². The van der Waals surface area contributed by atoms with E-state index in [1.54, 1.807) is 59.7 Å². The van der Waals surface area contributed by atoms with E-state index < -0.39 is 29.9 Å². The van der Waals surface area contributed by atoms with E-state index in [1.807, 2.05) is 0 Å². The van der Waals surface area contributed by atoms with Crippen molar-refractivity contribution < 1.29 is 38.2 Å². The number of halogens is 1. The molecular formula is C25H34ClN3O8S2. The van der Waals surface area contributed by atoms with E-state index in [1.165, 1.54) is 7.11 Å². The van der Waals surface area contributed by atoms with Crippen molar-refractivity contribution in [2.75, 3.05) is 58.2 Å². The van der Waals surface area contributed by atoms with Crippen molar-refractivity contribution >= 4 is 56.9 Å². The normalized spacial score (nSPS) is 16.9. The van der Waals surface area contributed by atoms with Gasteiger partial charge in [-0.1, -0.05) is 51.4 Å². The van der Waals surface area contributed by atoms with Crippen LogP contribution in [0.3, 0.4) is 0 Å². The van der Waals surface area contributed by atoms with Gasteiger partial charge in [0.2, 0.25) is 0 Å². The van der Waals surface area contributed by atoms with E-state index in [2.05, 4.69) is 15.1 Å². The van der Waals surface area contributed by atoms with Crippen LogP contribution in [0.2, 0.25) is 5.02 Å². The van der Waals surface area contributed by atoms with E-state index in [9.17, 15) is 14.4 Å². The summed E-state index contributed by atoms with van der Waals surface area (Å²) < 4.78 is 21.2. The summed E-state index contributed by atoms with van der Waals surface area (Å²) in [6, 6.07) is 6.97. The summed E-state index contributed by atoms with van der Waals surface area (Å²) in [5, 5.41) is 2.99. The third kappa shape index (κ3) is 10.3. The average molecular weight is 604 g/mol. The summed E-state index contributed by atoms with van der Waals surface area (Å²) in [7, 11) is 4.40. The molecule has 39 heavy (non-hydrogen) atoms. The van der Waals surface area contributed by atoms with Gasteiger partial charge in [-0.2, -0.15) is 0 Å². The second-order valence-corrected chi connectivity index (χ2v) is 11.1. The molecule has 0 saturated carbocycles. The van der Waals surface area contributed by atoms with Crippen LogP contribution in [0.25, 0.3) is 0 Å². The van der Waals surface area contributed by atoms with Gasteiger partial charge in [-0.25, -0.2) is 15.5 Å². The Labute approximate surface area is 240 Å². The second kappa shape index (κ2) is 18.1. The largest absolute Gasteiger partial charge is 0.468 e. The van der Waals surface area contributed by atoms with Crippen LogP contribution in [-0.2, 0) is 33.4 Å². The zero-order valence-corrected chi connectivity index (χ0v) is 24.5. The quantitative estimate of drug-likeness (QED) is 0.0940. The second-order valence-electron chi connectivity index (χ2n) is 7.96. The number of hydrogen-bond acceptors (Lipinski definition) is 12. The number of carbonyl (C=O) groups is 3. The summed E-state index contributed by atoms with van der Waals surface area (Å²) >= 11 is 6.50. The Morgan fingerprint density at radius 3 is 2.49 bits per heavy atom. The Kier molecular flexibility index (Phi) is 15.3. The van der Waals surface area contributed by atoms with Crippen LogP contribution >= 0.6 is 33.2 Å². The summed E-state index contributed by atoms with van der Waals surface area (Å²) in [6.45, 7) is 4.46. The molecule has 3 N–H and O–H groups in total. The standard InChI is InChI=1S/C25H34ClN3O8S2/c1-4-35-24(31)22-19(15-34-10-9-28-25(32)36-11-13-38-39-14-12-37-27)29-16(2)20(23(30)33-3)21(22)17-7-5-6-8-18(17)26/h5-8,20-21H,4,9-15,27H2,1-3H3,(H,28,32). The minimum absolute atomic E-state index is 0.0581. The number of nitrogens with one attached hydrogen (secondary N) is 1. The first-order chi connectivity index (χ1) is 18.8. The van der Waals surface area contributed by atoms with Gasteiger partial charge in [-0.3, -0.25) is 9.79 Å².